The van der Waals surface area contributed by atoms with Gasteiger partial charge in [-0.25, -0.2) is 13.4 Å². The Morgan fingerprint density at radius 3 is 2.50 bits per heavy atom. The van der Waals surface area contributed by atoms with Gasteiger partial charge in [-0.2, -0.15) is 0 Å². The lowest BCUT2D eigenvalue weighted by Gasteiger charge is -2.14. The zero-order chi connectivity index (χ0) is 12.4. The van der Waals surface area contributed by atoms with Crippen LogP contribution in [0.2, 0.25) is 0 Å². The Morgan fingerprint density at radius 1 is 1.44 bits per heavy atom. The van der Waals surface area contributed by atoms with E-state index in [9.17, 15) is 8.42 Å². The van der Waals surface area contributed by atoms with Crippen LogP contribution in [-0.4, -0.2) is 30.9 Å². The standard InChI is InChI=1S/C10H17NO3S2/c1-10(2,3)8-7-11-9(15-8)16(13,14)6-4-5-12/h7,12H,4-6H2,1-3H3. The first-order chi connectivity index (χ1) is 7.27. The molecule has 0 fully saturated rings. The van der Waals surface area contributed by atoms with Crippen LogP contribution in [0.25, 0.3) is 0 Å². The maximum atomic E-state index is 11.8. The summed E-state index contributed by atoms with van der Waals surface area (Å²) in [6, 6.07) is 0. The van der Waals surface area contributed by atoms with Gasteiger partial charge in [0.1, 0.15) is 0 Å². The summed E-state index contributed by atoms with van der Waals surface area (Å²) in [6.45, 7) is 5.94. The minimum absolute atomic E-state index is 0.0411. The number of nitrogens with zero attached hydrogens (tertiary/aromatic N) is 1. The molecule has 0 bridgehead atoms. The number of aromatic nitrogens is 1. The number of aliphatic hydroxyl groups is 1. The molecule has 1 rings (SSSR count). The second kappa shape index (κ2) is 4.81. The SMILES string of the molecule is CC(C)(C)c1cnc(S(=O)(=O)CCCO)s1. The molecule has 6 heteroatoms. The van der Waals surface area contributed by atoms with Crippen LogP contribution in [0.4, 0.5) is 0 Å². The lowest BCUT2D eigenvalue weighted by Crippen LogP contribution is -2.08. The molecule has 0 saturated heterocycles. The normalized spacial score (nSPS) is 13.0. The smallest absolute Gasteiger partial charge is 0.209 e. The van der Waals surface area contributed by atoms with Crippen LogP contribution < -0.4 is 0 Å². The average Bonchev–Trinajstić information content (AvgIpc) is 2.63. The predicted octanol–water partition coefficient (Wildman–Crippen LogP) is 1.60. The van der Waals surface area contributed by atoms with Crippen molar-refractivity contribution in [2.75, 3.05) is 12.4 Å². The van der Waals surface area contributed by atoms with Crippen LogP contribution in [0, 0.1) is 0 Å². The van der Waals surface area contributed by atoms with Crippen molar-refractivity contribution >= 4 is 21.2 Å². The van der Waals surface area contributed by atoms with Crippen molar-refractivity contribution in [2.24, 2.45) is 0 Å². The van der Waals surface area contributed by atoms with Crippen molar-refractivity contribution in [1.29, 1.82) is 0 Å². The quantitative estimate of drug-likeness (QED) is 0.896. The van der Waals surface area contributed by atoms with Crippen LogP contribution in [0.1, 0.15) is 32.1 Å². The summed E-state index contributed by atoms with van der Waals surface area (Å²) in [5.74, 6) is -0.0411. The molecule has 0 spiro atoms. The van der Waals surface area contributed by atoms with E-state index in [-0.39, 0.29) is 28.5 Å². The molecule has 0 saturated carbocycles. The Kier molecular flexibility index (Phi) is 4.09. The van der Waals surface area contributed by atoms with E-state index in [4.69, 9.17) is 5.11 Å². The van der Waals surface area contributed by atoms with Gasteiger partial charge in [0.15, 0.2) is 0 Å². The number of thiazole rings is 1. The van der Waals surface area contributed by atoms with Crippen LogP contribution in [0.3, 0.4) is 0 Å². The molecule has 1 aromatic heterocycles. The topological polar surface area (TPSA) is 67.3 Å². The Morgan fingerprint density at radius 2 is 2.06 bits per heavy atom. The molecule has 0 amide bonds. The highest BCUT2D eigenvalue weighted by molar-refractivity contribution is 7.93. The van der Waals surface area contributed by atoms with Crippen molar-refractivity contribution in [1.82, 2.24) is 4.98 Å². The molecule has 1 N–H and O–H groups in total. The highest BCUT2D eigenvalue weighted by Gasteiger charge is 2.23. The van der Waals surface area contributed by atoms with Crippen molar-refractivity contribution in [3.05, 3.63) is 11.1 Å². The molecule has 0 aliphatic carbocycles. The van der Waals surface area contributed by atoms with Gasteiger partial charge in [-0.3, -0.25) is 0 Å². The predicted molar refractivity (Wildman–Crippen MR) is 64.6 cm³/mol. The molecule has 0 aliphatic heterocycles. The summed E-state index contributed by atoms with van der Waals surface area (Å²) < 4.78 is 23.7. The maximum Gasteiger partial charge on any atom is 0.209 e. The molecule has 0 aromatic carbocycles. The summed E-state index contributed by atoms with van der Waals surface area (Å²) in [5, 5.41) is 8.63. The fraction of sp³-hybridized carbons (Fsp3) is 0.700. The zero-order valence-corrected chi connectivity index (χ0v) is 11.4. The molecule has 92 valence electrons. The van der Waals surface area contributed by atoms with E-state index in [1.165, 1.54) is 11.3 Å². The van der Waals surface area contributed by atoms with Gasteiger partial charge in [-0.05, 0) is 11.8 Å². The fourth-order valence-electron chi connectivity index (χ4n) is 1.09. The summed E-state index contributed by atoms with van der Waals surface area (Å²) in [7, 11) is -3.31. The number of rotatable bonds is 4. The lowest BCUT2D eigenvalue weighted by molar-refractivity contribution is 0.295. The second-order valence-corrected chi connectivity index (χ2v) is 7.95. The third kappa shape index (κ3) is 3.26. The molecule has 1 aromatic rings. The van der Waals surface area contributed by atoms with Crippen LogP contribution >= 0.6 is 11.3 Å². The number of aliphatic hydroxyl groups excluding tert-OH is 1. The summed E-state index contributed by atoms with van der Waals surface area (Å²) in [6.07, 6.45) is 1.88. The fourth-order valence-corrected chi connectivity index (χ4v) is 3.72. The van der Waals surface area contributed by atoms with E-state index in [1.807, 2.05) is 20.8 Å². The first-order valence-electron chi connectivity index (χ1n) is 5.07. The molecule has 16 heavy (non-hydrogen) atoms. The van der Waals surface area contributed by atoms with Crippen LogP contribution in [0.15, 0.2) is 10.5 Å². The Bertz CT molecular complexity index is 443. The highest BCUT2D eigenvalue weighted by Crippen LogP contribution is 2.30. The van der Waals surface area contributed by atoms with E-state index in [1.54, 1.807) is 6.20 Å². The summed E-state index contributed by atoms with van der Waals surface area (Å²) in [4.78, 5) is 4.91. The van der Waals surface area contributed by atoms with Gasteiger partial charge in [0.2, 0.25) is 14.2 Å². The van der Waals surface area contributed by atoms with Gasteiger partial charge < -0.3 is 5.11 Å². The third-order valence-corrected chi connectivity index (χ3v) is 5.75. The van der Waals surface area contributed by atoms with E-state index < -0.39 is 9.84 Å². The minimum Gasteiger partial charge on any atom is -0.396 e. The van der Waals surface area contributed by atoms with E-state index in [2.05, 4.69) is 4.98 Å². The third-order valence-electron chi connectivity index (χ3n) is 2.06. The second-order valence-electron chi connectivity index (χ2n) is 4.64. The summed E-state index contributed by atoms with van der Waals surface area (Å²) in [5.41, 5.74) is -0.0809. The molecule has 0 radical (unpaired) electrons. The monoisotopic (exact) mass is 263 g/mol. The van der Waals surface area contributed by atoms with Crippen LogP contribution in [0.5, 0.6) is 0 Å². The summed E-state index contributed by atoms with van der Waals surface area (Å²) >= 11 is 1.22. The van der Waals surface area contributed by atoms with Gasteiger partial charge in [0.05, 0.1) is 5.75 Å². The molecule has 4 nitrogen and oxygen atoms in total. The average molecular weight is 263 g/mol. The largest absolute Gasteiger partial charge is 0.396 e. The van der Waals surface area contributed by atoms with E-state index >= 15 is 0 Å². The highest BCUT2D eigenvalue weighted by atomic mass is 32.2. The maximum absolute atomic E-state index is 11.8. The van der Waals surface area contributed by atoms with Crippen molar-refractivity contribution in [3.8, 4) is 0 Å². The van der Waals surface area contributed by atoms with E-state index in [0.29, 0.717) is 0 Å². The first kappa shape index (κ1) is 13.6. The minimum atomic E-state index is -3.31. The molecule has 0 aliphatic rings. The van der Waals surface area contributed by atoms with Gasteiger partial charge in [-0.15, -0.1) is 11.3 Å². The van der Waals surface area contributed by atoms with Gasteiger partial charge in [-0.1, -0.05) is 20.8 Å². The molecule has 0 unspecified atom stereocenters. The number of sulfone groups is 1. The first-order valence-corrected chi connectivity index (χ1v) is 7.54. The lowest BCUT2D eigenvalue weighted by atomic mass is 9.96. The molecule has 0 atom stereocenters. The molecular formula is C10H17NO3S2. The number of hydrogen-bond acceptors (Lipinski definition) is 5. The van der Waals surface area contributed by atoms with E-state index in [0.717, 1.165) is 4.88 Å². The Hall–Kier alpha value is -0.460. The van der Waals surface area contributed by atoms with Gasteiger partial charge in [0, 0.05) is 17.7 Å². The molecule has 1 heterocycles. The molecular weight excluding hydrogens is 246 g/mol. The van der Waals surface area contributed by atoms with Crippen molar-refractivity contribution in [2.45, 2.75) is 36.9 Å². The van der Waals surface area contributed by atoms with Crippen molar-refractivity contribution < 1.29 is 13.5 Å². The van der Waals surface area contributed by atoms with Gasteiger partial charge >= 0.3 is 0 Å². The van der Waals surface area contributed by atoms with Crippen molar-refractivity contribution in [3.63, 3.8) is 0 Å². The number of hydrogen-bond donors (Lipinski definition) is 1. The van der Waals surface area contributed by atoms with Crippen LogP contribution in [-0.2, 0) is 15.3 Å². The Labute approximate surface area is 100 Å². The Balaban J connectivity index is 2.94. The van der Waals surface area contributed by atoms with Gasteiger partial charge in [0.25, 0.3) is 0 Å². The zero-order valence-electron chi connectivity index (χ0n) is 9.73.